The summed E-state index contributed by atoms with van der Waals surface area (Å²) >= 11 is 0. The lowest BCUT2D eigenvalue weighted by atomic mass is 10.1. The van der Waals surface area contributed by atoms with Gasteiger partial charge >= 0.3 is 17.9 Å². The fourth-order valence-electron chi connectivity index (χ4n) is 6.64. The van der Waals surface area contributed by atoms with E-state index in [0.29, 0.717) is 12.8 Å². The molecule has 0 aromatic rings. The molecule has 0 fully saturated rings. The van der Waals surface area contributed by atoms with Crippen molar-refractivity contribution in [1.82, 2.24) is 0 Å². The van der Waals surface area contributed by atoms with Crippen LogP contribution in [-0.2, 0) is 28.6 Å². The first-order valence-electron chi connectivity index (χ1n) is 27.0. The van der Waals surface area contributed by atoms with Gasteiger partial charge in [-0.1, -0.05) is 217 Å². The minimum Gasteiger partial charge on any atom is -0.462 e. The van der Waals surface area contributed by atoms with E-state index in [1.165, 1.54) is 12.8 Å². The number of ether oxygens (including phenoxy) is 3. The molecule has 6 heteroatoms. The molecule has 0 aromatic heterocycles. The van der Waals surface area contributed by atoms with Gasteiger partial charge in [-0.05, 0) is 122 Å². The molecule has 0 amide bonds. The summed E-state index contributed by atoms with van der Waals surface area (Å²) in [6.07, 6.45) is 80.8. The van der Waals surface area contributed by atoms with E-state index in [1.807, 2.05) is 36.5 Å². The molecule has 6 nitrogen and oxygen atoms in total. The van der Waals surface area contributed by atoms with Crippen molar-refractivity contribution in [2.24, 2.45) is 0 Å². The van der Waals surface area contributed by atoms with Gasteiger partial charge in [-0.3, -0.25) is 14.4 Å². The number of allylic oxidation sites excluding steroid dienone is 26. The van der Waals surface area contributed by atoms with Gasteiger partial charge in [0.2, 0.25) is 0 Å². The Bertz CT molecular complexity index is 1610. The minimum absolute atomic E-state index is 0.122. The average Bonchev–Trinajstić information content (AvgIpc) is 3.35. The molecule has 0 radical (unpaired) electrons. The molecule has 0 spiro atoms. The molecule has 0 saturated carbocycles. The summed E-state index contributed by atoms with van der Waals surface area (Å²) in [4.78, 5) is 38.1. The smallest absolute Gasteiger partial charge is 0.306 e. The van der Waals surface area contributed by atoms with Crippen molar-refractivity contribution in [1.29, 1.82) is 0 Å². The zero-order chi connectivity index (χ0) is 50.0. The number of hydrogen-bond acceptors (Lipinski definition) is 6. The third-order valence-corrected chi connectivity index (χ3v) is 10.6. The summed E-state index contributed by atoms with van der Waals surface area (Å²) in [5, 5.41) is 0. The third-order valence-electron chi connectivity index (χ3n) is 10.6. The maximum absolute atomic E-state index is 12.8. The molecule has 0 heterocycles. The van der Waals surface area contributed by atoms with E-state index >= 15 is 0 Å². The Labute approximate surface area is 422 Å². The van der Waals surface area contributed by atoms with Crippen LogP contribution in [0.4, 0.5) is 0 Å². The van der Waals surface area contributed by atoms with Crippen molar-refractivity contribution < 1.29 is 28.6 Å². The molecule has 1 unspecified atom stereocenters. The molecule has 0 aromatic carbocycles. The summed E-state index contributed by atoms with van der Waals surface area (Å²) in [5.74, 6) is -1.02. The van der Waals surface area contributed by atoms with Crippen molar-refractivity contribution in [3.8, 4) is 0 Å². The van der Waals surface area contributed by atoms with E-state index in [9.17, 15) is 14.4 Å². The Morgan fingerprint density at radius 1 is 0.304 bits per heavy atom. The van der Waals surface area contributed by atoms with Crippen molar-refractivity contribution in [2.75, 3.05) is 13.2 Å². The molecule has 0 saturated heterocycles. The van der Waals surface area contributed by atoms with E-state index in [1.54, 1.807) is 0 Å². The highest BCUT2D eigenvalue weighted by Crippen LogP contribution is 2.12. The molecule has 0 N–H and O–H groups in total. The number of hydrogen-bond donors (Lipinski definition) is 0. The maximum atomic E-state index is 12.8. The number of esters is 3. The maximum Gasteiger partial charge on any atom is 0.306 e. The van der Waals surface area contributed by atoms with Gasteiger partial charge in [0.25, 0.3) is 0 Å². The number of unbranched alkanes of at least 4 members (excludes halogenated alkanes) is 12. The van der Waals surface area contributed by atoms with Crippen LogP contribution in [0, 0.1) is 0 Å². The predicted molar refractivity (Wildman–Crippen MR) is 297 cm³/mol. The summed E-state index contributed by atoms with van der Waals surface area (Å²) < 4.78 is 16.8. The van der Waals surface area contributed by atoms with E-state index < -0.39 is 6.10 Å². The lowest BCUT2D eigenvalue weighted by Crippen LogP contribution is -2.30. The number of carbonyl (C=O) groups is 3. The average molecular weight is 949 g/mol. The van der Waals surface area contributed by atoms with Crippen LogP contribution in [0.2, 0.25) is 0 Å². The zero-order valence-corrected chi connectivity index (χ0v) is 43.8. The van der Waals surface area contributed by atoms with Gasteiger partial charge in [-0.25, -0.2) is 0 Å². The Morgan fingerprint density at radius 2 is 0.594 bits per heavy atom. The highest BCUT2D eigenvalue weighted by atomic mass is 16.6. The molecule has 69 heavy (non-hydrogen) atoms. The van der Waals surface area contributed by atoms with Crippen molar-refractivity contribution in [3.05, 3.63) is 158 Å². The number of carbonyl (C=O) groups excluding carboxylic acids is 3. The van der Waals surface area contributed by atoms with E-state index in [0.717, 1.165) is 148 Å². The first kappa shape index (κ1) is 64.0. The van der Waals surface area contributed by atoms with Crippen LogP contribution >= 0.6 is 0 Å². The lowest BCUT2D eigenvalue weighted by molar-refractivity contribution is -0.167. The quantitative estimate of drug-likeness (QED) is 0.0199. The van der Waals surface area contributed by atoms with Crippen LogP contribution in [0.1, 0.15) is 201 Å². The summed E-state index contributed by atoms with van der Waals surface area (Å²) in [6.45, 7) is 6.17. The molecular formula is C63H96O6. The monoisotopic (exact) mass is 949 g/mol. The predicted octanol–water partition coefficient (Wildman–Crippen LogP) is 18.2. The molecule has 384 valence electrons. The molecular weight excluding hydrogens is 853 g/mol. The number of rotatable bonds is 46. The van der Waals surface area contributed by atoms with E-state index in [2.05, 4.69) is 142 Å². The SMILES string of the molecule is CC\C=C/C=C\C=C/C=C\CCCCCC(=O)OCC(COC(=O)CCCCC/C=C\C/C=C\C/C=C\C/C=C\C/C=C\CC)OC(=O)CCCCCCCC/C=C\C/C=C\C/C=C\C/C=C\CC. The van der Waals surface area contributed by atoms with Gasteiger partial charge in [-0.2, -0.15) is 0 Å². The van der Waals surface area contributed by atoms with Gasteiger partial charge < -0.3 is 14.2 Å². The third kappa shape index (κ3) is 53.8. The Balaban J connectivity index is 4.55. The van der Waals surface area contributed by atoms with Gasteiger partial charge in [0, 0.05) is 19.3 Å². The van der Waals surface area contributed by atoms with Crippen LogP contribution in [0.15, 0.2) is 158 Å². The second kappa shape index (κ2) is 55.6. The van der Waals surface area contributed by atoms with Crippen molar-refractivity contribution in [3.63, 3.8) is 0 Å². The first-order chi connectivity index (χ1) is 34.0. The normalized spacial score (nSPS) is 13.4. The summed E-state index contributed by atoms with van der Waals surface area (Å²) in [5.41, 5.74) is 0. The van der Waals surface area contributed by atoms with Crippen LogP contribution in [0.3, 0.4) is 0 Å². The molecule has 0 aliphatic heterocycles. The molecule has 0 rings (SSSR count). The van der Waals surface area contributed by atoms with Gasteiger partial charge in [-0.15, -0.1) is 0 Å². The van der Waals surface area contributed by atoms with E-state index in [4.69, 9.17) is 14.2 Å². The molecule has 0 aliphatic carbocycles. The highest BCUT2D eigenvalue weighted by Gasteiger charge is 2.19. The van der Waals surface area contributed by atoms with Crippen LogP contribution < -0.4 is 0 Å². The lowest BCUT2D eigenvalue weighted by Gasteiger charge is -2.18. The van der Waals surface area contributed by atoms with Crippen molar-refractivity contribution >= 4 is 17.9 Å². The largest absolute Gasteiger partial charge is 0.462 e. The summed E-state index contributed by atoms with van der Waals surface area (Å²) in [6, 6.07) is 0. The standard InChI is InChI=1S/C63H96O6/c1-4-7-10-13-16-19-22-25-27-29-31-33-35-38-41-44-47-50-53-56-62(65)68-59-60(58-67-61(64)55-52-49-46-43-40-37-24-21-18-15-12-9-6-3)69-63(66)57-54-51-48-45-42-39-36-34-32-30-28-26-23-20-17-14-11-8-5-2/h7-12,15-21,24-28,31-34,37-38,40-41,60H,4-6,13-14,22-23,29-30,35-36,39,42-59H2,1-3H3/b10-7-,11-8-,12-9-,18-15-,19-16-,20-17-,24-21-,27-25-,28-26-,33-31-,34-32-,40-37-,41-38-. The van der Waals surface area contributed by atoms with Crippen LogP contribution in [-0.4, -0.2) is 37.2 Å². The van der Waals surface area contributed by atoms with Crippen LogP contribution in [0.5, 0.6) is 0 Å². The van der Waals surface area contributed by atoms with Gasteiger partial charge in [0.15, 0.2) is 6.10 Å². The Hall–Kier alpha value is -4.97. The molecule has 0 bridgehead atoms. The highest BCUT2D eigenvalue weighted by molar-refractivity contribution is 5.71. The Morgan fingerprint density at radius 3 is 1.00 bits per heavy atom. The fourth-order valence-corrected chi connectivity index (χ4v) is 6.64. The molecule has 1 atom stereocenters. The Kier molecular flexibility index (Phi) is 51.6. The first-order valence-corrected chi connectivity index (χ1v) is 27.0. The van der Waals surface area contributed by atoms with Gasteiger partial charge in [0.1, 0.15) is 13.2 Å². The second-order valence-corrected chi connectivity index (χ2v) is 17.1. The van der Waals surface area contributed by atoms with E-state index in [-0.39, 0.29) is 37.5 Å². The van der Waals surface area contributed by atoms with Crippen LogP contribution in [0.25, 0.3) is 0 Å². The minimum atomic E-state index is -0.824. The topological polar surface area (TPSA) is 78.9 Å². The van der Waals surface area contributed by atoms with Gasteiger partial charge in [0.05, 0.1) is 0 Å². The second-order valence-electron chi connectivity index (χ2n) is 17.1. The molecule has 0 aliphatic rings. The van der Waals surface area contributed by atoms with Crippen molar-refractivity contribution in [2.45, 2.75) is 207 Å². The summed E-state index contributed by atoms with van der Waals surface area (Å²) in [7, 11) is 0. The zero-order valence-electron chi connectivity index (χ0n) is 43.8. The fraction of sp³-hybridized carbons (Fsp3) is 0.540.